The molecule has 2 rings (SSSR count). The van der Waals surface area contributed by atoms with Crippen molar-refractivity contribution >= 4 is 5.70 Å². The fourth-order valence-corrected chi connectivity index (χ4v) is 2.57. The van der Waals surface area contributed by atoms with E-state index in [1.807, 2.05) is 0 Å². The number of benzene rings is 1. The second-order valence-electron chi connectivity index (χ2n) is 6.48. The quantitative estimate of drug-likeness (QED) is 0.808. The third-order valence-corrected chi connectivity index (χ3v) is 3.87. The maximum Gasteiger partial charge on any atom is 0.0623 e. The first-order valence-electron chi connectivity index (χ1n) is 7.52. The second-order valence-corrected chi connectivity index (χ2v) is 6.48. The Morgan fingerprint density at radius 3 is 2.10 bits per heavy atom. The molecule has 112 valence electrons. The Kier molecular flexibility index (Phi) is 4.26. The third-order valence-electron chi connectivity index (χ3n) is 3.87. The van der Waals surface area contributed by atoms with Crippen LogP contribution in [0.3, 0.4) is 0 Å². The Morgan fingerprint density at radius 2 is 1.62 bits per heavy atom. The molecule has 0 amide bonds. The fourth-order valence-electron chi connectivity index (χ4n) is 2.57. The average molecular weight is 282 g/mol. The molecule has 1 aromatic rings. The van der Waals surface area contributed by atoms with Crippen LogP contribution in [0.15, 0.2) is 54.0 Å². The predicted octanol–water partition coefficient (Wildman–Crippen LogP) is 4.63. The van der Waals surface area contributed by atoms with Gasteiger partial charge in [0, 0.05) is 13.2 Å². The van der Waals surface area contributed by atoms with Gasteiger partial charge in [-0.2, -0.15) is 0 Å². The highest BCUT2D eigenvalue weighted by Crippen LogP contribution is 2.27. The zero-order valence-electron chi connectivity index (χ0n) is 14.0. The highest BCUT2D eigenvalue weighted by molar-refractivity contribution is 5.68. The van der Waals surface area contributed by atoms with Crippen LogP contribution in [0.25, 0.3) is 5.70 Å². The van der Waals surface area contributed by atoms with Crippen LogP contribution in [0, 0.1) is 0 Å². The van der Waals surface area contributed by atoms with Gasteiger partial charge in [0.1, 0.15) is 0 Å². The summed E-state index contributed by atoms with van der Waals surface area (Å²) in [4.78, 5) is 2.17. The highest BCUT2D eigenvalue weighted by Gasteiger charge is 2.18. The van der Waals surface area contributed by atoms with Crippen molar-refractivity contribution < 1.29 is 0 Å². The van der Waals surface area contributed by atoms with Crippen LogP contribution in [0.1, 0.15) is 45.7 Å². The molecule has 2 nitrogen and oxygen atoms in total. The monoisotopic (exact) mass is 282 g/mol. The van der Waals surface area contributed by atoms with Gasteiger partial charge in [-0.25, -0.2) is 0 Å². The maximum atomic E-state index is 3.52. The first kappa shape index (κ1) is 15.4. The number of hydrogen-bond donors (Lipinski definition) is 1. The Labute approximate surface area is 128 Å². The zero-order valence-corrected chi connectivity index (χ0v) is 14.0. The molecule has 1 aliphatic rings. The van der Waals surface area contributed by atoms with Crippen LogP contribution in [-0.2, 0) is 5.41 Å². The molecule has 0 saturated carbocycles. The summed E-state index contributed by atoms with van der Waals surface area (Å²) in [6.07, 6.45) is 6.38. The van der Waals surface area contributed by atoms with E-state index in [2.05, 4.69) is 94.5 Å². The van der Waals surface area contributed by atoms with Gasteiger partial charge in [0.25, 0.3) is 0 Å². The van der Waals surface area contributed by atoms with Gasteiger partial charge in [0.05, 0.1) is 17.1 Å². The number of nitrogens with zero attached hydrogens (tertiary/aromatic N) is 1. The number of hydrogen-bond acceptors (Lipinski definition) is 2. The van der Waals surface area contributed by atoms with Crippen LogP contribution in [0.2, 0.25) is 0 Å². The minimum Gasteiger partial charge on any atom is -0.352 e. The molecule has 0 unspecified atom stereocenters. The maximum absolute atomic E-state index is 3.52. The van der Waals surface area contributed by atoms with Crippen molar-refractivity contribution in [1.82, 2.24) is 10.2 Å². The summed E-state index contributed by atoms with van der Waals surface area (Å²) in [7, 11) is 2.09. The molecule has 1 heterocycles. The fraction of sp³-hybridized carbons (Fsp3) is 0.368. The average Bonchev–Trinajstić information content (AvgIpc) is 2.45. The van der Waals surface area contributed by atoms with Gasteiger partial charge in [-0.1, -0.05) is 57.2 Å². The second kappa shape index (κ2) is 5.80. The molecule has 0 spiro atoms. The lowest BCUT2D eigenvalue weighted by Crippen LogP contribution is -2.28. The van der Waals surface area contributed by atoms with Crippen molar-refractivity contribution in [3.8, 4) is 0 Å². The minimum atomic E-state index is 0.191. The molecule has 1 aliphatic heterocycles. The summed E-state index contributed by atoms with van der Waals surface area (Å²) < 4.78 is 0. The van der Waals surface area contributed by atoms with Crippen molar-refractivity contribution in [1.29, 1.82) is 0 Å². The van der Waals surface area contributed by atoms with Gasteiger partial charge >= 0.3 is 0 Å². The van der Waals surface area contributed by atoms with Crippen LogP contribution < -0.4 is 5.32 Å². The van der Waals surface area contributed by atoms with E-state index in [1.54, 1.807) is 0 Å². The van der Waals surface area contributed by atoms with E-state index in [1.165, 1.54) is 16.8 Å². The van der Waals surface area contributed by atoms with Crippen LogP contribution in [0.4, 0.5) is 0 Å². The highest BCUT2D eigenvalue weighted by atomic mass is 15.2. The molecule has 0 radical (unpaired) electrons. The van der Waals surface area contributed by atoms with E-state index in [0.29, 0.717) is 0 Å². The lowest BCUT2D eigenvalue weighted by atomic mass is 9.86. The van der Waals surface area contributed by atoms with Crippen molar-refractivity contribution in [3.05, 3.63) is 65.1 Å². The molecule has 21 heavy (non-hydrogen) atoms. The van der Waals surface area contributed by atoms with Crippen molar-refractivity contribution in [2.75, 3.05) is 7.05 Å². The Hall–Kier alpha value is -1.96. The summed E-state index contributed by atoms with van der Waals surface area (Å²) in [5, 5.41) is 3.52. The first-order valence-corrected chi connectivity index (χ1v) is 7.52. The van der Waals surface area contributed by atoms with E-state index in [-0.39, 0.29) is 5.41 Å². The van der Waals surface area contributed by atoms with E-state index in [0.717, 1.165) is 11.4 Å². The lowest BCUT2D eigenvalue weighted by Gasteiger charge is -2.30. The van der Waals surface area contributed by atoms with E-state index in [9.17, 15) is 0 Å². The summed E-state index contributed by atoms with van der Waals surface area (Å²) in [6, 6.07) is 8.83. The summed E-state index contributed by atoms with van der Waals surface area (Å²) >= 11 is 0. The van der Waals surface area contributed by atoms with Crippen LogP contribution in [0.5, 0.6) is 0 Å². The smallest absolute Gasteiger partial charge is 0.0623 e. The Bertz CT molecular complexity index is 595. The number of allylic oxidation sites excluding steroid dienone is 2. The molecular weight excluding hydrogens is 256 g/mol. The molecule has 0 fully saturated rings. The predicted molar refractivity (Wildman–Crippen MR) is 91.5 cm³/mol. The van der Waals surface area contributed by atoms with Gasteiger partial charge in [-0.05, 0) is 30.4 Å². The van der Waals surface area contributed by atoms with Gasteiger partial charge in [0.15, 0.2) is 0 Å². The van der Waals surface area contributed by atoms with Crippen LogP contribution >= 0.6 is 0 Å². The molecule has 0 atom stereocenters. The van der Waals surface area contributed by atoms with Gasteiger partial charge in [-0.3, -0.25) is 0 Å². The van der Waals surface area contributed by atoms with Crippen molar-refractivity contribution in [2.45, 2.75) is 40.0 Å². The minimum absolute atomic E-state index is 0.191. The third kappa shape index (κ3) is 3.21. The summed E-state index contributed by atoms with van der Waals surface area (Å²) in [5.41, 5.74) is 6.25. The van der Waals surface area contributed by atoms with Crippen molar-refractivity contribution in [2.24, 2.45) is 0 Å². The summed E-state index contributed by atoms with van der Waals surface area (Å²) in [5.74, 6) is 0. The number of likely N-dealkylation sites (N-methyl/N-ethyl adjacent to an activating group) is 1. The lowest BCUT2D eigenvalue weighted by molar-refractivity contribution is 0.554. The SMILES string of the molecule is CC=C1NC(c2ccc(C(C)(C)C)cc2)=CN(C)C1=CC. The topological polar surface area (TPSA) is 15.3 Å². The molecule has 0 aliphatic carbocycles. The zero-order chi connectivity index (χ0) is 15.6. The first-order chi connectivity index (χ1) is 9.86. The summed E-state index contributed by atoms with van der Waals surface area (Å²) in [6.45, 7) is 10.8. The van der Waals surface area contributed by atoms with E-state index in [4.69, 9.17) is 0 Å². The van der Waals surface area contributed by atoms with E-state index >= 15 is 0 Å². The molecule has 1 aromatic carbocycles. The van der Waals surface area contributed by atoms with E-state index < -0.39 is 0 Å². The number of nitrogens with one attached hydrogen (secondary N) is 1. The Balaban J connectivity index is 2.35. The largest absolute Gasteiger partial charge is 0.352 e. The molecular formula is C19H26N2. The molecule has 0 bridgehead atoms. The van der Waals surface area contributed by atoms with Gasteiger partial charge in [0.2, 0.25) is 0 Å². The standard InChI is InChI=1S/C19H26N2/c1-7-16-18(8-2)21(6)13-17(20-16)14-9-11-15(12-10-14)19(3,4)5/h7-13,20H,1-6H3. The van der Waals surface area contributed by atoms with Crippen LogP contribution in [-0.4, -0.2) is 11.9 Å². The van der Waals surface area contributed by atoms with Crippen molar-refractivity contribution in [3.63, 3.8) is 0 Å². The normalized spacial score (nSPS) is 19.7. The Morgan fingerprint density at radius 1 is 1.00 bits per heavy atom. The van der Waals surface area contributed by atoms with Gasteiger partial charge < -0.3 is 10.2 Å². The number of rotatable bonds is 1. The molecule has 0 aromatic heterocycles. The van der Waals surface area contributed by atoms with Gasteiger partial charge in [-0.15, -0.1) is 0 Å². The molecule has 2 heteroatoms. The molecule has 0 saturated heterocycles. The molecule has 1 N–H and O–H groups in total.